The zero-order valence-corrected chi connectivity index (χ0v) is 20.0. The van der Waals surface area contributed by atoms with E-state index in [0.717, 1.165) is 28.2 Å². The van der Waals surface area contributed by atoms with E-state index in [-0.39, 0.29) is 5.91 Å². The molecule has 1 amide bonds. The summed E-state index contributed by atoms with van der Waals surface area (Å²) in [6, 6.07) is 34.9. The molecule has 0 spiro atoms. The monoisotopic (exact) mass is 475 g/mol. The van der Waals surface area contributed by atoms with Crippen LogP contribution in [-0.2, 0) is 0 Å². The Morgan fingerprint density at radius 2 is 1.42 bits per heavy atom. The van der Waals surface area contributed by atoms with Gasteiger partial charge in [0.15, 0.2) is 0 Å². The second-order valence-corrected chi connectivity index (χ2v) is 8.13. The first-order valence-electron chi connectivity index (χ1n) is 11.5. The number of aromatic nitrogens is 2. The molecule has 178 valence electrons. The SMILES string of the molecule is COc1ccc(NC(=O)c2ccc(-n3nc(-c4ccccc4)cc3-c3ccccc3)cc2)c(OC)c1. The Morgan fingerprint density at radius 3 is 2.06 bits per heavy atom. The highest BCUT2D eigenvalue weighted by Crippen LogP contribution is 2.31. The third-order valence-corrected chi connectivity index (χ3v) is 5.88. The molecule has 0 radical (unpaired) electrons. The van der Waals surface area contributed by atoms with E-state index in [2.05, 4.69) is 23.5 Å². The Balaban J connectivity index is 1.45. The predicted molar refractivity (Wildman–Crippen MR) is 142 cm³/mol. The highest BCUT2D eigenvalue weighted by atomic mass is 16.5. The molecule has 6 heteroatoms. The molecule has 36 heavy (non-hydrogen) atoms. The predicted octanol–water partition coefficient (Wildman–Crippen LogP) is 6.48. The Labute approximate surface area is 209 Å². The summed E-state index contributed by atoms with van der Waals surface area (Å²) in [6.07, 6.45) is 0. The van der Waals surface area contributed by atoms with Gasteiger partial charge in [0.05, 0.1) is 37.0 Å². The van der Waals surface area contributed by atoms with Gasteiger partial charge >= 0.3 is 0 Å². The summed E-state index contributed by atoms with van der Waals surface area (Å²) in [6.45, 7) is 0. The zero-order valence-electron chi connectivity index (χ0n) is 20.0. The number of benzene rings is 4. The van der Waals surface area contributed by atoms with Crippen molar-refractivity contribution in [3.63, 3.8) is 0 Å². The van der Waals surface area contributed by atoms with Crippen LogP contribution in [0.5, 0.6) is 11.5 Å². The Kier molecular flexibility index (Phi) is 6.49. The second-order valence-electron chi connectivity index (χ2n) is 8.13. The molecule has 1 N–H and O–H groups in total. The summed E-state index contributed by atoms with van der Waals surface area (Å²) in [5, 5.41) is 7.81. The molecule has 4 aromatic carbocycles. The first kappa shape index (κ1) is 22.9. The lowest BCUT2D eigenvalue weighted by Crippen LogP contribution is -2.13. The highest BCUT2D eigenvalue weighted by molar-refractivity contribution is 6.05. The van der Waals surface area contributed by atoms with E-state index in [0.29, 0.717) is 22.7 Å². The summed E-state index contributed by atoms with van der Waals surface area (Å²) in [5.74, 6) is 0.938. The average Bonchev–Trinajstić information content (AvgIpc) is 3.40. The number of nitrogens with one attached hydrogen (secondary N) is 1. The number of carbonyl (C=O) groups excluding carboxylic acids is 1. The van der Waals surface area contributed by atoms with Gasteiger partial charge in [0.2, 0.25) is 0 Å². The van der Waals surface area contributed by atoms with Crippen molar-refractivity contribution in [1.29, 1.82) is 0 Å². The minimum atomic E-state index is -0.237. The van der Waals surface area contributed by atoms with Crippen molar-refractivity contribution in [2.75, 3.05) is 19.5 Å². The second kappa shape index (κ2) is 10.2. The number of ether oxygens (including phenoxy) is 2. The van der Waals surface area contributed by atoms with Crippen LogP contribution in [-0.4, -0.2) is 29.9 Å². The van der Waals surface area contributed by atoms with Gasteiger partial charge in [-0.15, -0.1) is 0 Å². The van der Waals surface area contributed by atoms with Crippen LogP contribution in [0.1, 0.15) is 10.4 Å². The van der Waals surface area contributed by atoms with E-state index in [1.54, 1.807) is 44.6 Å². The van der Waals surface area contributed by atoms with Crippen molar-refractivity contribution < 1.29 is 14.3 Å². The molecule has 0 bridgehead atoms. The molecule has 1 heterocycles. The van der Waals surface area contributed by atoms with Gasteiger partial charge in [-0.2, -0.15) is 5.10 Å². The van der Waals surface area contributed by atoms with Crippen LogP contribution in [0, 0.1) is 0 Å². The van der Waals surface area contributed by atoms with Gasteiger partial charge in [-0.1, -0.05) is 60.7 Å². The lowest BCUT2D eigenvalue weighted by molar-refractivity contribution is 0.102. The van der Waals surface area contributed by atoms with Crippen molar-refractivity contribution in [2.24, 2.45) is 0 Å². The summed E-state index contributed by atoms with van der Waals surface area (Å²) in [7, 11) is 3.14. The van der Waals surface area contributed by atoms with Crippen LogP contribution < -0.4 is 14.8 Å². The van der Waals surface area contributed by atoms with E-state index in [4.69, 9.17) is 14.6 Å². The van der Waals surface area contributed by atoms with Crippen molar-refractivity contribution in [2.45, 2.75) is 0 Å². The maximum Gasteiger partial charge on any atom is 0.255 e. The van der Waals surface area contributed by atoms with Gasteiger partial charge in [0.1, 0.15) is 11.5 Å². The normalized spacial score (nSPS) is 10.6. The van der Waals surface area contributed by atoms with Gasteiger partial charge in [-0.05, 0) is 42.5 Å². The summed E-state index contributed by atoms with van der Waals surface area (Å²) < 4.78 is 12.5. The molecule has 0 fully saturated rings. The number of hydrogen-bond acceptors (Lipinski definition) is 4. The number of carbonyl (C=O) groups is 1. The van der Waals surface area contributed by atoms with Crippen LogP contribution in [0.15, 0.2) is 109 Å². The number of anilines is 1. The minimum Gasteiger partial charge on any atom is -0.497 e. The Morgan fingerprint density at radius 1 is 0.750 bits per heavy atom. The maximum absolute atomic E-state index is 12.9. The molecule has 1 aromatic heterocycles. The Hall–Kier alpha value is -4.84. The van der Waals surface area contributed by atoms with Gasteiger partial charge in [0, 0.05) is 22.8 Å². The first-order chi connectivity index (χ1) is 17.7. The fourth-order valence-corrected chi connectivity index (χ4v) is 3.99. The van der Waals surface area contributed by atoms with E-state index >= 15 is 0 Å². The highest BCUT2D eigenvalue weighted by Gasteiger charge is 2.15. The third kappa shape index (κ3) is 4.70. The van der Waals surface area contributed by atoms with E-state index < -0.39 is 0 Å². The quantitative estimate of drug-likeness (QED) is 0.293. The van der Waals surface area contributed by atoms with Crippen molar-refractivity contribution in [1.82, 2.24) is 9.78 Å². The fraction of sp³-hybridized carbons (Fsp3) is 0.0667. The zero-order chi connectivity index (χ0) is 24.9. The molecule has 0 saturated carbocycles. The van der Waals surface area contributed by atoms with Crippen LogP contribution >= 0.6 is 0 Å². The first-order valence-corrected chi connectivity index (χ1v) is 11.5. The molecule has 5 aromatic rings. The van der Waals surface area contributed by atoms with Crippen molar-refractivity contribution in [3.05, 3.63) is 115 Å². The van der Waals surface area contributed by atoms with Crippen molar-refractivity contribution in [3.8, 4) is 39.7 Å². The van der Waals surface area contributed by atoms with Gasteiger partial charge in [-0.3, -0.25) is 4.79 Å². The van der Waals surface area contributed by atoms with Gasteiger partial charge in [-0.25, -0.2) is 4.68 Å². The van der Waals surface area contributed by atoms with Crippen LogP contribution in [0.4, 0.5) is 5.69 Å². The maximum atomic E-state index is 12.9. The molecular formula is C30H25N3O3. The molecule has 0 atom stereocenters. The lowest BCUT2D eigenvalue weighted by atomic mass is 10.1. The smallest absolute Gasteiger partial charge is 0.255 e. The fourth-order valence-electron chi connectivity index (χ4n) is 3.99. The Bertz CT molecular complexity index is 1480. The summed E-state index contributed by atoms with van der Waals surface area (Å²) in [5.41, 5.74) is 5.89. The van der Waals surface area contributed by atoms with Crippen LogP contribution in [0.3, 0.4) is 0 Å². The average molecular weight is 476 g/mol. The number of hydrogen-bond donors (Lipinski definition) is 1. The molecule has 0 saturated heterocycles. The summed E-state index contributed by atoms with van der Waals surface area (Å²) in [4.78, 5) is 12.9. The van der Waals surface area contributed by atoms with E-state index in [1.165, 1.54) is 0 Å². The minimum absolute atomic E-state index is 0.237. The largest absolute Gasteiger partial charge is 0.497 e. The van der Waals surface area contributed by atoms with E-state index in [1.807, 2.05) is 65.3 Å². The molecule has 0 aliphatic rings. The number of amides is 1. The molecule has 5 rings (SSSR count). The molecule has 0 aliphatic heterocycles. The standard InChI is InChI=1S/C30H25N3O3/c1-35-25-17-18-26(29(19-25)36-2)31-30(34)23-13-15-24(16-14-23)33-28(22-11-7-4-8-12-22)20-27(32-33)21-9-5-3-6-10-21/h3-20H,1-2H3,(H,31,34). The van der Waals surface area contributed by atoms with Crippen LogP contribution in [0.2, 0.25) is 0 Å². The third-order valence-electron chi connectivity index (χ3n) is 5.88. The topological polar surface area (TPSA) is 65.4 Å². The number of methoxy groups -OCH3 is 2. The van der Waals surface area contributed by atoms with Crippen LogP contribution in [0.25, 0.3) is 28.2 Å². The molecule has 6 nitrogen and oxygen atoms in total. The van der Waals surface area contributed by atoms with Gasteiger partial charge < -0.3 is 14.8 Å². The number of nitrogens with zero attached hydrogens (tertiary/aromatic N) is 2. The summed E-state index contributed by atoms with van der Waals surface area (Å²) >= 11 is 0. The lowest BCUT2D eigenvalue weighted by Gasteiger charge is -2.12. The van der Waals surface area contributed by atoms with E-state index in [9.17, 15) is 4.79 Å². The van der Waals surface area contributed by atoms with Crippen molar-refractivity contribution >= 4 is 11.6 Å². The van der Waals surface area contributed by atoms with Gasteiger partial charge in [0.25, 0.3) is 5.91 Å². The number of rotatable bonds is 7. The molecule has 0 aliphatic carbocycles. The molecule has 0 unspecified atom stereocenters. The molecular weight excluding hydrogens is 450 g/mol.